The van der Waals surface area contributed by atoms with Gasteiger partial charge in [0.25, 0.3) is 5.91 Å². The van der Waals surface area contributed by atoms with Crippen LogP contribution in [-0.2, 0) is 0 Å². The minimum atomic E-state index is -0.845. The van der Waals surface area contributed by atoms with Gasteiger partial charge in [-0.25, -0.2) is 8.78 Å². The molecule has 0 aliphatic rings. The molecule has 3 rings (SSSR count). The van der Waals surface area contributed by atoms with Gasteiger partial charge in [-0.05, 0) is 29.8 Å². The van der Waals surface area contributed by atoms with Gasteiger partial charge in [-0.2, -0.15) is 0 Å². The molecule has 5 heteroatoms. The summed E-state index contributed by atoms with van der Waals surface area (Å²) < 4.78 is 26.9. The number of rotatable bonds is 2. The molecule has 0 fully saturated rings. The van der Waals surface area contributed by atoms with Gasteiger partial charge in [-0.3, -0.25) is 9.78 Å². The number of primary amides is 1. The van der Waals surface area contributed by atoms with Crippen LogP contribution in [0, 0.1) is 11.6 Å². The molecule has 0 saturated carbocycles. The van der Waals surface area contributed by atoms with Crippen molar-refractivity contribution in [3.63, 3.8) is 0 Å². The lowest BCUT2D eigenvalue weighted by Crippen LogP contribution is -2.14. The van der Waals surface area contributed by atoms with Crippen LogP contribution in [0.25, 0.3) is 22.0 Å². The van der Waals surface area contributed by atoms with E-state index in [1.807, 2.05) is 0 Å². The summed E-state index contributed by atoms with van der Waals surface area (Å²) in [5.41, 5.74) is 6.44. The number of nitrogens with zero attached hydrogens (tertiary/aromatic N) is 1. The largest absolute Gasteiger partial charge is 0.365 e. The number of carbonyl (C=O) groups is 1. The number of hydrogen-bond donors (Lipinski definition) is 1. The van der Waals surface area contributed by atoms with Gasteiger partial charge in [-0.1, -0.05) is 12.1 Å². The fraction of sp³-hybridized carbons (Fsp3) is 0. The highest BCUT2D eigenvalue weighted by Crippen LogP contribution is 2.27. The fourth-order valence-electron chi connectivity index (χ4n) is 2.26. The summed E-state index contributed by atoms with van der Waals surface area (Å²) in [5, 5.41) is 0.689. The Labute approximate surface area is 119 Å². The van der Waals surface area contributed by atoms with Crippen LogP contribution in [0.3, 0.4) is 0 Å². The highest BCUT2D eigenvalue weighted by Gasteiger charge is 2.15. The molecule has 2 aromatic carbocycles. The van der Waals surface area contributed by atoms with Crippen LogP contribution in [0.4, 0.5) is 8.78 Å². The molecule has 0 aliphatic heterocycles. The summed E-state index contributed by atoms with van der Waals surface area (Å²) in [7, 11) is 0. The Kier molecular flexibility index (Phi) is 3.10. The molecule has 104 valence electrons. The molecule has 1 heterocycles. The number of carbonyl (C=O) groups excluding carboxylic acids is 1. The first-order valence-electron chi connectivity index (χ1n) is 6.20. The maximum absolute atomic E-state index is 13.8. The van der Waals surface area contributed by atoms with E-state index in [0.29, 0.717) is 22.0 Å². The molecule has 0 radical (unpaired) electrons. The van der Waals surface area contributed by atoms with Crippen molar-refractivity contribution in [3.05, 3.63) is 65.9 Å². The zero-order chi connectivity index (χ0) is 15.0. The van der Waals surface area contributed by atoms with Crippen molar-refractivity contribution in [2.45, 2.75) is 0 Å². The molecule has 0 atom stereocenters. The van der Waals surface area contributed by atoms with E-state index >= 15 is 0 Å². The van der Waals surface area contributed by atoms with Crippen LogP contribution in [0.1, 0.15) is 10.4 Å². The third kappa shape index (κ3) is 2.33. The third-order valence-electron chi connectivity index (χ3n) is 3.22. The summed E-state index contributed by atoms with van der Waals surface area (Å²) in [6.07, 6.45) is 1.46. The van der Waals surface area contributed by atoms with Crippen LogP contribution in [0.5, 0.6) is 0 Å². The molecule has 1 aromatic heterocycles. The van der Waals surface area contributed by atoms with Gasteiger partial charge in [0.15, 0.2) is 0 Å². The Morgan fingerprint density at radius 1 is 1.10 bits per heavy atom. The number of fused-ring (bicyclic) bond motifs is 1. The van der Waals surface area contributed by atoms with Gasteiger partial charge in [0.2, 0.25) is 0 Å². The summed E-state index contributed by atoms with van der Waals surface area (Å²) >= 11 is 0. The second-order valence-corrected chi connectivity index (χ2v) is 4.59. The van der Waals surface area contributed by atoms with Crippen molar-refractivity contribution < 1.29 is 13.6 Å². The Bertz CT molecular complexity index is 862. The lowest BCUT2D eigenvalue weighted by Gasteiger charge is -2.08. The lowest BCUT2D eigenvalue weighted by atomic mass is 9.99. The fourth-order valence-corrected chi connectivity index (χ4v) is 2.26. The molecule has 21 heavy (non-hydrogen) atoms. The summed E-state index contributed by atoms with van der Waals surface area (Å²) in [6, 6.07) is 10.2. The zero-order valence-electron chi connectivity index (χ0n) is 10.8. The Morgan fingerprint density at radius 3 is 2.67 bits per heavy atom. The van der Waals surface area contributed by atoms with Crippen molar-refractivity contribution in [1.82, 2.24) is 4.98 Å². The zero-order valence-corrected chi connectivity index (χ0v) is 10.8. The first-order chi connectivity index (χ1) is 10.1. The van der Waals surface area contributed by atoms with Crippen molar-refractivity contribution >= 4 is 16.8 Å². The number of amides is 1. The quantitative estimate of drug-likeness (QED) is 0.785. The maximum Gasteiger partial charge on any atom is 0.252 e. The Morgan fingerprint density at radius 2 is 1.90 bits per heavy atom. The second-order valence-electron chi connectivity index (χ2n) is 4.59. The monoisotopic (exact) mass is 284 g/mol. The molecule has 0 unspecified atom stereocenters. The average Bonchev–Trinajstić information content (AvgIpc) is 2.46. The summed E-state index contributed by atoms with van der Waals surface area (Å²) in [4.78, 5) is 15.6. The van der Waals surface area contributed by atoms with E-state index in [9.17, 15) is 13.6 Å². The number of hydrogen-bond acceptors (Lipinski definition) is 2. The highest BCUT2D eigenvalue weighted by molar-refractivity contribution is 6.00. The first-order valence-corrected chi connectivity index (χ1v) is 6.20. The molecule has 0 aliphatic carbocycles. The van der Waals surface area contributed by atoms with Crippen LogP contribution in [-0.4, -0.2) is 10.9 Å². The van der Waals surface area contributed by atoms with Gasteiger partial charge in [-0.15, -0.1) is 0 Å². The molecule has 0 spiro atoms. The first kappa shape index (κ1) is 13.2. The third-order valence-corrected chi connectivity index (χ3v) is 3.22. The van der Waals surface area contributed by atoms with E-state index in [0.717, 1.165) is 0 Å². The second kappa shape index (κ2) is 4.94. The molecular formula is C16H10F2N2O. The molecule has 3 aromatic rings. The highest BCUT2D eigenvalue weighted by atomic mass is 19.1. The minimum absolute atomic E-state index is 0.180. The van der Waals surface area contributed by atoms with Gasteiger partial charge in [0, 0.05) is 23.2 Å². The smallest absolute Gasteiger partial charge is 0.252 e. The number of benzene rings is 2. The predicted molar refractivity (Wildman–Crippen MR) is 75.6 cm³/mol. The number of nitrogens with two attached hydrogens (primary N) is 1. The topological polar surface area (TPSA) is 56.0 Å². The number of pyridine rings is 1. The van der Waals surface area contributed by atoms with Crippen LogP contribution in [0.2, 0.25) is 0 Å². The van der Waals surface area contributed by atoms with E-state index in [2.05, 4.69) is 4.98 Å². The molecule has 0 saturated heterocycles. The maximum atomic E-state index is 13.8. The summed E-state index contributed by atoms with van der Waals surface area (Å²) in [6.45, 7) is 0. The molecule has 2 N–H and O–H groups in total. The number of halogens is 2. The van der Waals surface area contributed by atoms with Crippen LogP contribution >= 0.6 is 0 Å². The van der Waals surface area contributed by atoms with Gasteiger partial charge >= 0.3 is 0 Å². The van der Waals surface area contributed by atoms with Gasteiger partial charge in [0.1, 0.15) is 11.6 Å². The average molecular weight is 284 g/mol. The van der Waals surface area contributed by atoms with Crippen LogP contribution < -0.4 is 5.73 Å². The van der Waals surface area contributed by atoms with Crippen molar-refractivity contribution in [3.8, 4) is 11.1 Å². The van der Waals surface area contributed by atoms with Crippen molar-refractivity contribution in [2.75, 3.05) is 0 Å². The molecule has 0 bridgehead atoms. The standard InChI is InChI=1S/C16H10F2N2O/c17-11-5-4-9-6-10(8-20-14(9)7-11)12-2-1-3-13(18)15(12)16(19)21/h1-8H,(H2,19,21). The van der Waals surface area contributed by atoms with E-state index in [-0.39, 0.29) is 11.4 Å². The van der Waals surface area contributed by atoms with E-state index in [1.165, 1.54) is 30.5 Å². The molecule has 1 amide bonds. The van der Waals surface area contributed by atoms with E-state index in [1.54, 1.807) is 18.2 Å². The van der Waals surface area contributed by atoms with E-state index in [4.69, 9.17) is 5.73 Å². The SMILES string of the molecule is NC(=O)c1c(F)cccc1-c1cnc2cc(F)ccc2c1. The predicted octanol–water partition coefficient (Wildman–Crippen LogP) is 3.28. The Balaban J connectivity index is 2.24. The normalized spacial score (nSPS) is 10.8. The van der Waals surface area contributed by atoms with Gasteiger partial charge in [0.05, 0.1) is 11.1 Å². The van der Waals surface area contributed by atoms with Gasteiger partial charge < -0.3 is 5.73 Å². The lowest BCUT2D eigenvalue weighted by molar-refractivity contribution is 0.0997. The van der Waals surface area contributed by atoms with E-state index < -0.39 is 11.7 Å². The van der Waals surface area contributed by atoms with Crippen molar-refractivity contribution in [1.29, 1.82) is 0 Å². The molecule has 3 nitrogen and oxygen atoms in total. The minimum Gasteiger partial charge on any atom is -0.365 e. The Hall–Kier alpha value is -2.82. The summed E-state index contributed by atoms with van der Waals surface area (Å²) in [5.74, 6) is -1.91. The van der Waals surface area contributed by atoms with Crippen molar-refractivity contribution in [2.24, 2.45) is 5.73 Å². The number of aromatic nitrogens is 1. The molecular weight excluding hydrogens is 274 g/mol. The van der Waals surface area contributed by atoms with Crippen LogP contribution in [0.15, 0.2) is 48.7 Å².